The Kier molecular flexibility index (Phi) is 4.99. The summed E-state index contributed by atoms with van der Waals surface area (Å²) in [5, 5.41) is 9.22. The van der Waals surface area contributed by atoms with Gasteiger partial charge in [0.15, 0.2) is 0 Å². The molecule has 1 N–H and O–H groups in total. The average Bonchev–Trinajstić information content (AvgIpc) is 2.44. The Balaban J connectivity index is 2.04. The highest BCUT2D eigenvalue weighted by Gasteiger charge is 2.06. The zero-order valence-electron chi connectivity index (χ0n) is 11.4. The van der Waals surface area contributed by atoms with Crippen LogP contribution in [0.25, 0.3) is 0 Å². The third-order valence-electron chi connectivity index (χ3n) is 3.25. The van der Waals surface area contributed by atoms with Crippen LogP contribution in [-0.4, -0.2) is 24.8 Å². The van der Waals surface area contributed by atoms with Gasteiger partial charge in [0.25, 0.3) is 0 Å². The van der Waals surface area contributed by atoms with Crippen molar-refractivity contribution in [1.29, 1.82) is 0 Å². The molecule has 19 heavy (non-hydrogen) atoms. The number of benzene rings is 2. The van der Waals surface area contributed by atoms with Gasteiger partial charge in [-0.15, -0.1) is 0 Å². The molecule has 0 atom stereocenters. The zero-order chi connectivity index (χ0) is 13.5. The molecule has 0 saturated carbocycles. The Morgan fingerprint density at radius 2 is 1.74 bits per heavy atom. The van der Waals surface area contributed by atoms with E-state index in [-0.39, 0.29) is 6.61 Å². The Hall–Kier alpha value is -1.80. The molecule has 0 saturated heterocycles. The fraction of sp³-hybridized carbons (Fsp3) is 0.294. The first-order valence-corrected chi connectivity index (χ1v) is 6.76. The van der Waals surface area contributed by atoms with Crippen LogP contribution in [0.4, 0.5) is 5.69 Å². The van der Waals surface area contributed by atoms with E-state index in [1.807, 2.05) is 6.07 Å². The SMILES string of the molecule is Cc1cccc(N(CCO)CCc2ccccc2)c1. The molecule has 0 aliphatic carbocycles. The summed E-state index contributed by atoms with van der Waals surface area (Å²) in [5.41, 5.74) is 3.77. The molecule has 0 spiro atoms. The molecule has 0 unspecified atom stereocenters. The molecule has 100 valence electrons. The van der Waals surface area contributed by atoms with Crippen LogP contribution in [-0.2, 0) is 6.42 Å². The summed E-state index contributed by atoms with van der Waals surface area (Å²) in [7, 11) is 0. The Morgan fingerprint density at radius 3 is 2.42 bits per heavy atom. The van der Waals surface area contributed by atoms with Crippen LogP contribution >= 0.6 is 0 Å². The van der Waals surface area contributed by atoms with Gasteiger partial charge in [-0.1, -0.05) is 42.5 Å². The van der Waals surface area contributed by atoms with Crippen molar-refractivity contribution in [3.63, 3.8) is 0 Å². The van der Waals surface area contributed by atoms with E-state index in [1.165, 1.54) is 16.8 Å². The number of nitrogens with zero attached hydrogens (tertiary/aromatic N) is 1. The third-order valence-corrected chi connectivity index (χ3v) is 3.25. The smallest absolute Gasteiger partial charge is 0.0606 e. The predicted octanol–water partition coefficient (Wildman–Crippen LogP) is 3.04. The summed E-state index contributed by atoms with van der Waals surface area (Å²) in [6.45, 7) is 3.88. The highest BCUT2D eigenvalue weighted by molar-refractivity contribution is 5.48. The molecule has 0 aliphatic rings. The number of rotatable bonds is 6. The van der Waals surface area contributed by atoms with Gasteiger partial charge < -0.3 is 10.0 Å². The minimum absolute atomic E-state index is 0.183. The number of aliphatic hydroxyl groups is 1. The highest BCUT2D eigenvalue weighted by atomic mass is 16.3. The van der Waals surface area contributed by atoms with Crippen molar-refractivity contribution >= 4 is 5.69 Å². The number of hydrogen-bond donors (Lipinski definition) is 1. The molecule has 0 radical (unpaired) electrons. The largest absolute Gasteiger partial charge is 0.395 e. The second-order valence-corrected chi connectivity index (χ2v) is 4.79. The summed E-state index contributed by atoms with van der Waals surface area (Å²) in [6, 6.07) is 18.9. The van der Waals surface area contributed by atoms with E-state index in [4.69, 9.17) is 0 Å². The molecular formula is C17H21NO. The van der Waals surface area contributed by atoms with Gasteiger partial charge in [-0.3, -0.25) is 0 Å². The normalized spacial score (nSPS) is 10.4. The van der Waals surface area contributed by atoms with Gasteiger partial charge in [0.05, 0.1) is 6.61 Å². The van der Waals surface area contributed by atoms with Crippen LogP contribution in [0.2, 0.25) is 0 Å². The summed E-state index contributed by atoms with van der Waals surface area (Å²) < 4.78 is 0. The molecule has 0 aromatic heterocycles. The molecule has 0 heterocycles. The summed E-state index contributed by atoms with van der Waals surface area (Å²) in [6.07, 6.45) is 0.995. The lowest BCUT2D eigenvalue weighted by molar-refractivity contribution is 0.302. The number of aryl methyl sites for hydroxylation is 1. The van der Waals surface area contributed by atoms with E-state index in [0.29, 0.717) is 6.54 Å². The van der Waals surface area contributed by atoms with Crippen molar-refractivity contribution in [1.82, 2.24) is 0 Å². The van der Waals surface area contributed by atoms with Crippen LogP contribution in [0.1, 0.15) is 11.1 Å². The van der Waals surface area contributed by atoms with Gasteiger partial charge in [-0.05, 0) is 36.6 Å². The lowest BCUT2D eigenvalue weighted by Gasteiger charge is -2.24. The van der Waals surface area contributed by atoms with Crippen molar-refractivity contribution in [3.8, 4) is 0 Å². The maximum Gasteiger partial charge on any atom is 0.0606 e. The second-order valence-electron chi connectivity index (χ2n) is 4.79. The van der Waals surface area contributed by atoms with Crippen LogP contribution in [0, 0.1) is 6.92 Å². The van der Waals surface area contributed by atoms with Crippen molar-refractivity contribution in [2.45, 2.75) is 13.3 Å². The molecule has 0 amide bonds. The summed E-state index contributed by atoms with van der Waals surface area (Å²) >= 11 is 0. The maximum absolute atomic E-state index is 9.22. The Morgan fingerprint density at radius 1 is 0.947 bits per heavy atom. The van der Waals surface area contributed by atoms with E-state index >= 15 is 0 Å². The van der Waals surface area contributed by atoms with Gasteiger partial charge in [0.2, 0.25) is 0 Å². The monoisotopic (exact) mass is 255 g/mol. The third kappa shape index (κ3) is 4.11. The van der Waals surface area contributed by atoms with Crippen LogP contribution in [0.15, 0.2) is 54.6 Å². The second kappa shape index (κ2) is 6.95. The summed E-state index contributed by atoms with van der Waals surface area (Å²) in [5.74, 6) is 0. The van der Waals surface area contributed by atoms with Crippen molar-refractivity contribution in [3.05, 3.63) is 65.7 Å². The fourth-order valence-electron chi connectivity index (χ4n) is 2.22. The Labute approximate surface area is 115 Å². The first-order valence-electron chi connectivity index (χ1n) is 6.76. The minimum atomic E-state index is 0.183. The topological polar surface area (TPSA) is 23.5 Å². The van der Waals surface area contributed by atoms with E-state index in [2.05, 4.69) is 60.4 Å². The lowest BCUT2D eigenvalue weighted by atomic mass is 10.1. The van der Waals surface area contributed by atoms with Crippen LogP contribution in [0.5, 0.6) is 0 Å². The van der Waals surface area contributed by atoms with E-state index < -0.39 is 0 Å². The summed E-state index contributed by atoms with van der Waals surface area (Å²) in [4.78, 5) is 2.24. The number of hydrogen-bond acceptors (Lipinski definition) is 2. The van der Waals surface area contributed by atoms with Gasteiger partial charge in [-0.2, -0.15) is 0 Å². The molecule has 2 aromatic rings. The zero-order valence-corrected chi connectivity index (χ0v) is 11.4. The fourth-order valence-corrected chi connectivity index (χ4v) is 2.22. The minimum Gasteiger partial charge on any atom is -0.395 e. The molecule has 2 rings (SSSR count). The van der Waals surface area contributed by atoms with Crippen molar-refractivity contribution < 1.29 is 5.11 Å². The van der Waals surface area contributed by atoms with Crippen molar-refractivity contribution in [2.24, 2.45) is 0 Å². The van der Waals surface area contributed by atoms with E-state index in [9.17, 15) is 5.11 Å². The quantitative estimate of drug-likeness (QED) is 0.857. The molecule has 2 nitrogen and oxygen atoms in total. The van der Waals surface area contributed by atoms with Gasteiger partial charge >= 0.3 is 0 Å². The molecule has 2 heteroatoms. The molecule has 2 aromatic carbocycles. The van der Waals surface area contributed by atoms with Gasteiger partial charge in [0.1, 0.15) is 0 Å². The molecule has 0 aliphatic heterocycles. The average molecular weight is 255 g/mol. The number of aliphatic hydroxyl groups excluding tert-OH is 1. The Bertz CT molecular complexity index is 496. The maximum atomic E-state index is 9.22. The molecule has 0 bridgehead atoms. The van der Waals surface area contributed by atoms with E-state index in [0.717, 1.165) is 13.0 Å². The predicted molar refractivity (Wildman–Crippen MR) is 80.6 cm³/mol. The lowest BCUT2D eigenvalue weighted by Crippen LogP contribution is -2.28. The van der Waals surface area contributed by atoms with Gasteiger partial charge in [0, 0.05) is 18.8 Å². The van der Waals surface area contributed by atoms with Crippen LogP contribution < -0.4 is 4.90 Å². The first-order chi connectivity index (χ1) is 9.29. The molecular weight excluding hydrogens is 234 g/mol. The standard InChI is InChI=1S/C17H21NO/c1-15-6-5-9-17(14-15)18(12-13-19)11-10-16-7-3-2-4-8-16/h2-9,14,19H,10-13H2,1H3. The highest BCUT2D eigenvalue weighted by Crippen LogP contribution is 2.16. The number of anilines is 1. The first kappa shape index (κ1) is 13.6. The van der Waals surface area contributed by atoms with Crippen molar-refractivity contribution in [2.75, 3.05) is 24.6 Å². The van der Waals surface area contributed by atoms with Gasteiger partial charge in [-0.25, -0.2) is 0 Å². The van der Waals surface area contributed by atoms with E-state index in [1.54, 1.807) is 0 Å². The van der Waals surface area contributed by atoms with Crippen LogP contribution in [0.3, 0.4) is 0 Å². The molecule has 0 fully saturated rings.